The Bertz CT molecular complexity index is 440. The van der Waals surface area contributed by atoms with Crippen molar-refractivity contribution in [1.82, 2.24) is 19.7 Å². The van der Waals surface area contributed by atoms with Gasteiger partial charge in [-0.15, -0.1) is 0 Å². The van der Waals surface area contributed by atoms with Gasteiger partial charge in [0.2, 0.25) is 5.95 Å². The minimum Gasteiger partial charge on any atom is -0.368 e. The molecule has 0 saturated heterocycles. The lowest BCUT2D eigenvalue weighted by Gasteiger charge is -2.02. The molecule has 2 heterocycles. The second-order valence-corrected chi connectivity index (χ2v) is 3.09. The van der Waals surface area contributed by atoms with Crippen LogP contribution in [-0.2, 0) is 7.05 Å². The van der Waals surface area contributed by atoms with E-state index >= 15 is 0 Å². The third-order valence-corrected chi connectivity index (χ3v) is 1.95. The Morgan fingerprint density at radius 3 is 2.71 bits per heavy atom. The molecule has 0 spiro atoms. The van der Waals surface area contributed by atoms with Crippen LogP contribution < -0.4 is 5.73 Å². The lowest BCUT2D eigenvalue weighted by molar-refractivity contribution is 0.773. The third-order valence-electron chi connectivity index (χ3n) is 1.95. The van der Waals surface area contributed by atoms with Crippen molar-refractivity contribution < 1.29 is 0 Å². The van der Waals surface area contributed by atoms with Gasteiger partial charge in [-0.1, -0.05) is 0 Å². The highest BCUT2D eigenvalue weighted by Gasteiger charge is 2.05. The van der Waals surface area contributed by atoms with Crippen molar-refractivity contribution in [3.05, 3.63) is 24.0 Å². The van der Waals surface area contributed by atoms with Crippen molar-refractivity contribution in [3.8, 4) is 11.4 Å². The van der Waals surface area contributed by atoms with Crippen molar-refractivity contribution in [2.45, 2.75) is 6.92 Å². The molecule has 0 aromatic carbocycles. The maximum Gasteiger partial charge on any atom is 0.220 e. The number of aromatic nitrogens is 4. The standard InChI is InChI=1S/C9H11N5/c1-6-5-7(13-9(10)12-6)8-3-4-11-14(8)2/h3-5H,1-2H3,(H2,10,12,13). The maximum atomic E-state index is 5.56. The molecule has 2 aromatic heterocycles. The van der Waals surface area contributed by atoms with Crippen LogP contribution in [0.25, 0.3) is 11.4 Å². The van der Waals surface area contributed by atoms with Crippen LogP contribution in [0.1, 0.15) is 5.69 Å². The highest BCUT2D eigenvalue weighted by Crippen LogP contribution is 2.16. The zero-order valence-corrected chi connectivity index (χ0v) is 8.10. The van der Waals surface area contributed by atoms with E-state index < -0.39 is 0 Å². The van der Waals surface area contributed by atoms with Gasteiger partial charge in [0.1, 0.15) is 0 Å². The number of anilines is 1. The Balaban J connectivity index is 2.57. The van der Waals surface area contributed by atoms with Gasteiger partial charge < -0.3 is 5.73 Å². The lowest BCUT2D eigenvalue weighted by atomic mass is 10.2. The van der Waals surface area contributed by atoms with Crippen LogP contribution in [0.4, 0.5) is 5.95 Å². The molecule has 0 amide bonds. The number of nitrogen functional groups attached to an aromatic ring is 1. The first-order chi connectivity index (χ1) is 6.66. The van der Waals surface area contributed by atoms with E-state index in [1.165, 1.54) is 0 Å². The summed E-state index contributed by atoms with van der Waals surface area (Å²) < 4.78 is 1.75. The number of hydrogen-bond acceptors (Lipinski definition) is 4. The fraction of sp³-hybridized carbons (Fsp3) is 0.222. The first kappa shape index (κ1) is 8.68. The van der Waals surface area contributed by atoms with Gasteiger partial charge in [0.05, 0.1) is 11.4 Å². The normalized spacial score (nSPS) is 10.4. The Hall–Kier alpha value is -1.91. The van der Waals surface area contributed by atoms with Crippen molar-refractivity contribution in [1.29, 1.82) is 0 Å². The van der Waals surface area contributed by atoms with Crippen molar-refractivity contribution >= 4 is 5.95 Å². The summed E-state index contributed by atoms with van der Waals surface area (Å²) in [6.45, 7) is 1.89. The topological polar surface area (TPSA) is 69.6 Å². The summed E-state index contributed by atoms with van der Waals surface area (Å²) >= 11 is 0. The number of hydrogen-bond donors (Lipinski definition) is 1. The molecule has 0 unspecified atom stereocenters. The van der Waals surface area contributed by atoms with Gasteiger partial charge in [-0.25, -0.2) is 9.97 Å². The molecule has 2 rings (SSSR count). The van der Waals surface area contributed by atoms with E-state index in [9.17, 15) is 0 Å². The van der Waals surface area contributed by atoms with E-state index in [1.54, 1.807) is 10.9 Å². The fourth-order valence-corrected chi connectivity index (χ4v) is 1.35. The van der Waals surface area contributed by atoms with Crippen LogP contribution in [0.5, 0.6) is 0 Å². The average Bonchev–Trinajstić information content (AvgIpc) is 2.49. The van der Waals surface area contributed by atoms with E-state index in [0.29, 0.717) is 5.95 Å². The van der Waals surface area contributed by atoms with E-state index in [4.69, 9.17) is 5.73 Å². The number of nitrogens with zero attached hydrogens (tertiary/aromatic N) is 4. The Morgan fingerprint density at radius 1 is 1.36 bits per heavy atom. The number of rotatable bonds is 1. The molecule has 0 aliphatic rings. The van der Waals surface area contributed by atoms with Crippen LogP contribution >= 0.6 is 0 Å². The van der Waals surface area contributed by atoms with Crippen LogP contribution in [0.2, 0.25) is 0 Å². The molecule has 5 nitrogen and oxygen atoms in total. The van der Waals surface area contributed by atoms with Gasteiger partial charge >= 0.3 is 0 Å². The van der Waals surface area contributed by atoms with Crippen molar-refractivity contribution in [2.24, 2.45) is 7.05 Å². The molecule has 0 atom stereocenters. The summed E-state index contributed by atoms with van der Waals surface area (Å²) in [6.07, 6.45) is 1.73. The SMILES string of the molecule is Cc1cc(-c2ccnn2C)nc(N)n1. The second-order valence-electron chi connectivity index (χ2n) is 3.09. The van der Waals surface area contributed by atoms with E-state index in [2.05, 4.69) is 15.1 Å². The number of nitrogens with two attached hydrogens (primary N) is 1. The quantitative estimate of drug-likeness (QED) is 0.719. The maximum absolute atomic E-state index is 5.56. The van der Waals surface area contributed by atoms with Crippen molar-refractivity contribution in [2.75, 3.05) is 5.73 Å². The molecule has 0 bridgehead atoms. The summed E-state index contributed by atoms with van der Waals surface area (Å²) in [5.74, 6) is 0.293. The summed E-state index contributed by atoms with van der Waals surface area (Å²) in [4.78, 5) is 8.15. The molecule has 72 valence electrons. The van der Waals surface area contributed by atoms with Gasteiger partial charge in [0.25, 0.3) is 0 Å². The molecule has 0 aliphatic carbocycles. The third kappa shape index (κ3) is 1.44. The molecule has 14 heavy (non-hydrogen) atoms. The van der Waals surface area contributed by atoms with Gasteiger partial charge in [0, 0.05) is 18.9 Å². The molecule has 0 radical (unpaired) electrons. The Morgan fingerprint density at radius 2 is 2.14 bits per heavy atom. The highest BCUT2D eigenvalue weighted by atomic mass is 15.3. The van der Waals surface area contributed by atoms with Gasteiger partial charge in [-0.3, -0.25) is 4.68 Å². The largest absolute Gasteiger partial charge is 0.368 e. The minimum absolute atomic E-state index is 0.293. The zero-order valence-electron chi connectivity index (χ0n) is 8.10. The second kappa shape index (κ2) is 3.10. The Kier molecular flexibility index (Phi) is 1.92. The smallest absolute Gasteiger partial charge is 0.220 e. The molecule has 0 fully saturated rings. The van der Waals surface area contributed by atoms with E-state index in [-0.39, 0.29) is 0 Å². The highest BCUT2D eigenvalue weighted by molar-refractivity contribution is 5.55. The molecule has 2 aromatic rings. The minimum atomic E-state index is 0.293. The lowest BCUT2D eigenvalue weighted by Crippen LogP contribution is -2.01. The van der Waals surface area contributed by atoms with Crippen LogP contribution in [-0.4, -0.2) is 19.7 Å². The summed E-state index contributed by atoms with van der Waals surface area (Å²) in [6, 6.07) is 3.77. The van der Waals surface area contributed by atoms with Gasteiger partial charge in [-0.2, -0.15) is 5.10 Å². The van der Waals surface area contributed by atoms with Crippen LogP contribution in [0.15, 0.2) is 18.3 Å². The fourth-order valence-electron chi connectivity index (χ4n) is 1.35. The average molecular weight is 189 g/mol. The van der Waals surface area contributed by atoms with Crippen LogP contribution in [0.3, 0.4) is 0 Å². The summed E-state index contributed by atoms with van der Waals surface area (Å²) in [7, 11) is 1.86. The van der Waals surface area contributed by atoms with Gasteiger partial charge in [-0.05, 0) is 19.1 Å². The van der Waals surface area contributed by atoms with Crippen LogP contribution in [0, 0.1) is 6.92 Å². The first-order valence-electron chi connectivity index (χ1n) is 4.26. The monoisotopic (exact) mass is 189 g/mol. The summed E-state index contributed by atoms with van der Waals surface area (Å²) in [5, 5.41) is 4.07. The molecular formula is C9H11N5. The predicted octanol–water partition coefficient (Wildman–Crippen LogP) is 0.768. The zero-order chi connectivity index (χ0) is 10.1. The summed E-state index contributed by atoms with van der Waals surface area (Å²) in [5.41, 5.74) is 8.15. The predicted molar refractivity (Wildman–Crippen MR) is 53.4 cm³/mol. The van der Waals surface area contributed by atoms with Gasteiger partial charge in [0.15, 0.2) is 0 Å². The molecule has 2 N–H and O–H groups in total. The molecule has 0 saturated carbocycles. The number of aryl methyl sites for hydroxylation is 2. The van der Waals surface area contributed by atoms with E-state index in [1.807, 2.05) is 26.1 Å². The van der Waals surface area contributed by atoms with Crippen molar-refractivity contribution in [3.63, 3.8) is 0 Å². The first-order valence-corrected chi connectivity index (χ1v) is 4.26. The molecule has 5 heteroatoms. The molecular weight excluding hydrogens is 178 g/mol. The molecule has 0 aliphatic heterocycles. The Labute approximate surface area is 81.6 Å². The van der Waals surface area contributed by atoms with E-state index in [0.717, 1.165) is 17.1 Å².